The predicted molar refractivity (Wildman–Crippen MR) is 80.4 cm³/mol. The fourth-order valence-electron chi connectivity index (χ4n) is 2.15. The summed E-state index contributed by atoms with van der Waals surface area (Å²) in [6.07, 6.45) is -0.0768. The average Bonchev–Trinajstić information content (AvgIpc) is 2.42. The fraction of sp³-hybridized carbons (Fsp3) is 0.250. The number of hydrogen-bond acceptors (Lipinski definition) is 1. The van der Waals surface area contributed by atoms with Crippen LogP contribution in [-0.4, -0.2) is 0 Å². The maximum absolute atomic E-state index is 14.0. The summed E-state index contributed by atoms with van der Waals surface area (Å²) >= 11 is 3.02. The van der Waals surface area contributed by atoms with Gasteiger partial charge in [-0.2, -0.15) is 0 Å². The molecule has 0 radical (unpaired) electrons. The minimum atomic E-state index is -1.09. The van der Waals surface area contributed by atoms with Crippen molar-refractivity contribution < 1.29 is 13.2 Å². The maximum Gasteiger partial charge on any atom is 0.143 e. The highest BCUT2D eigenvalue weighted by Crippen LogP contribution is 2.29. The van der Waals surface area contributed by atoms with E-state index < -0.39 is 17.2 Å². The minimum Gasteiger partial charge on any atom is -0.321 e. The van der Waals surface area contributed by atoms with Crippen LogP contribution in [0.1, 0.15) is 23.6 Å². The van der Waals surface area contributed by atoms with Crippen molar-refractivity contribution in [3.63, 3.8) is 0 Å². The molecule has 0 aliphatic rings. The van der Waals surface area contributed by atoms with Crippen LogP contribution >= 0.6 is 15.9 Å². The van der Waals surface area contributed by atoms with E-state index >= 15 is 0 Å². The summed E-state index contributed by atoms with van der Waals surface area (Å²) in [5, 5.41) is 0. The van der Waals surface area contributed by atoms with Crippen molar-refractivity contribution in [1.82, 2.24) is 0 Å². The van der Waals surface area contributed by atoms with Gasteiger partial charge in [-0.25, -0.2) is 13.2 Å². The smallest absolute Gasteiger partial charge is 0.143 e. The van der Waals surface area contributed by atoms with Crippen LogP contribution in [0.15, 0.2) is 34.8 Å². The van der Waals surface area contributed by atoms with Crippen molar-refractivity contribution in [3.05, 3.63) is 68.9 Å². The van der Waals surface area contributed by atoms with Crippen molar-refractivity contribution >= 4 is 15.9 Å². The van der Waals surface area contributed by atoms with E-state index in [0.717, 1.165) is 0 Å². The van der Waals surface area contributed by atoms with Gasteiger partial charge >= 0.3 is 0 Å². The molecule has 0 bridgehead atoms. The third-order valence-corrected chi connectivity index (χ3v) is 4.13. The van der Waals surface area contributed by atoms with Crippen LogP contribution in [0.3, 0.4) is 0 Å². The number of halogens is 4. The van der Waals surface area contributed by atoms with Crippen molar-refractivity contribution in [3.8, 4) is 0 Å². The highest BCUT2D eigenvalue weighted by atomic mass is 79.9. The normalized spacial score (nSPS) is 14.0. The number of aryl methyl sites for hydroxylation is 1. The van der Waals surface area contributed by atoms with Crippen molar-refractivity contribution in [1.29, 1.82) is 0 Å². The van der Waals surface area contributed by atoms with Crippen LogP contribution in [0.2, 0.25) is 0 Å². The zero-order valence-electron chi connectivity index (χ0n) is 11.7. The molecule has 0 heterocycles. The van der Waals surface area contributed by atoms with E-state index in [1.807, 2.05) is 0 Å². The molecule has 5 heteroatoms. The Hall–Kier alpha value is -1.33. The molecule has 2 aromatic rings. The molecule has 1 atom stereocenters. The van der Waals surface area contributed by atoms with E-state index in [0.29, 0.717) is 11.1 Å². The van der Waals surface area contributed by atoms with Gasteiger partial charge in [0.1, 0.15) is 17.5 Å². The summed E-state index contributed by atoms with van der Waals surface area (Å²) in [5.41, 5.74) is 5.94. The highest BCUT2D eigenvalue weighted by Gasteiger charge is 2.26. The molecule has 0 aliphatic carbocycles. The third-order valence-electron chi connectivity index (χ3n) is 3.51. The maximum atomic E-state index is 14.0. The first-order valence-corrected chi connectivity index (χ1v) is 7.19. The third kappa shape index (κ3) is 3.30. The van der Waals surface area contributed by atoms with Gasteiger partial charge in [-0.15, -0.1) is 0 Å². The van der Waals surface area contributed by atoms with Crippen molar-refractivity contribution in [2.45, 2.75) is 25.8 Å². The molecule has 2 rings (SSSR count). The summed E-state index contributed by atoms with van der Waals surface area (Å²) < 4.78 is 41.7. The van der Waals surface area contributed by atoms with Crippen LogP contribution in [-0.2, 0) is 12.0 Å². The first-order chi connectivity index (χ1) is 9.72. The first-order valence-electron chi connectivity index (χ1n) is 6.40. The van der Waals surface area contributed by atoms with Crippen LogP contribution < -0.4 is 5.73 Å². The Morgan fingerprint density at radius 1 is 1.10 bits per heavy atom. The van der Waals surface area contributed by atoms with Gasteiger partial charge in [0, 0.05) is 17.5 Å². The Kier molecular flexibility index (Phi) is 4.44. The van der Waals surface area contributed by atoms with E-state index in [2.05, 4.69) is 15.9 Å². The summed E-state index contributed by atoms with van der Waals surface area (Å²) in [4.78, 5) is 0. The minimum absolute atomic E-state index is 0.0768. The van der Waals surface area contributed by atoms with Gasteiger partial charge in [0.25, 0.3) is 0 Å². The molecule has 0 saturated carbocycles. The number of nitrogens with two attached hydrogens (primary N) is 1. The lowest BCUT2D eigenvalue weighted by atomic mass is 9.86. The Bertz CT molecular complexity index is 683. The van der Waals surface area contributed by atoms with E-state index in [1.165, 1.54) is 18.2 Å². The highest BCUT2D eigenvalue weighted by molar-refractivity contribution is 9.10. The van der Waals surface area contributed by atoms with Gasteiger partial charge < -0.3 is 5.73 Å². The van der Waals surface area contributed by atoms with Crippen molar-refractivity contribution in [2.75, 3.05) is 0 Å². The molecule has 0 spiro atoms. The Morgan fingerprint density at radius 2 is 1.76 bits per heavy atom. The van der Waals surface area contributed by atoms with Gasteiger partial charge in [0.05, 0.1) is 4.47 Å². The molecule has 0 aromatic heterocycles. The SMILES string of the molecule is Cc1ccc(C(C)(N)Cc2c(F)ccc(Br)c2F)cc1F. The molecule has 112 valence electrons. The Labute approximate surface area is 130 Å². The second-order valence-corrected chi connectivity index (χ2v) is 6.23. The molecule has 0 aliphatic heterocycles. The van der Waals surface area contributed by atoms with E-state index in [1.54, 1.807) is 26.0 Å². The summed E-state index contributed by atoms with van der Waals surface area (Å²) in [6.45, 7) is 3.26. The summed E-state index contributed by atoms with van der Waals surface area (Å²) in [5.74, 6) is -1.74. The van der Waals surface area contributed by atoms with Gasteiger partial charge in [0.15, 0.2) is 0 Å². The van der Waals surface area contributed by atoms with Gasteiger partial charge in [-0.05, 0) is 59.1 Å². The zero-order valence-corrected chi connectivity index (χ0v) is 13.3. The Balaban J connectivity index is 2.41. The van der Waals surface area contributed by atoms with Crippen LogP contribution in [0, 0.1) is 24.4 Å². The molecule has 1 nitrogen and oxygen atoms in total. The van der Waals surface area contributed by atoms with Gasteiger partial charge in [0.2, 0.25) is 0 Å². The lowest BCUT2D eigenvalue weighted by Crippen LogP contribution is -2.36. The molecule has 0 fully saturated rings. The monoisotopic (exact) mass is 357 g/mol. The van der Waals surface area contributed by atoms with Crippen LogP contribution in [0.5, 0.6) is 0 Å². The molecular weight excluding hydrogens is 343 g/mol. The molecule has 2 N–H and O–H groups in total. The molecule has 1 unspecified atom stereocenters. The average molecular weight is 358 g/mol. The van der Waals surface area contributed by atoms with Gasteiger partial charge in [-0.1, -0.05) is 12.1 Å². The molecular formula is C16H15BrF3N. The van der Waals surface area contributed by atoms with E-state index in [9.17, 15) is 13.2 Å². The summed E-state index contributed by atoms with van der Waals surface area (Å²) in [6, 6.07) is 7.06. The lowest BCUT2D eigenvalue weighted by molar-refractivity contribution is 0.451. The number of rotatable bonds is 3. The van der Waals surface area contributed by atoms with Crippen LogP contribution in [0.4, 0.5) is 13.2 Å². The Morgan fingerprint density at radius 3 is 2.38 bits per heavy atom. The predicted octanol–water partition coefficient (Wildman–Crippen LogP) is 4.59. The van der Waals surface area contributed by atoms with Gasteiger partial charge in [-0.3, -0.25) is 0 Å². The molecule has 2 aromatic carbocycles. The van der Waals surface area contributed by atoms with E-state index in [-0.39, 0.29) is 22.3 Å². The fourth-order valence-corrected chi connectivity index (χ4v) is 2.52. The molecule has 0 amide bonds. The lowest BCUT2D eigenvalue weighted by Gasteiger charge is -2.26. The second kappa shape index (κ2) is 5.81. The van der Waals surface area contributed by atoms with E-state index in [4.69, 9.17) is 5.73 Å². The number of hydrogen-bond donors (Lipinski definition) is 1. The topological polar surface area (TPSA) is 26.0 Å². The van der Waals surface area contributed by atoms with Crippen molar-refractivity contribution in [2.24, 2.45) is 5.73 Å². The van der Waals surface area contributed by atoms with Crippen LogP contribution in [0.25, 0.3) is 0 Å². The first kappa shape index (κ1) is 16.0. The number of benzene rings is 2. The largest absolute Gasteiger partial charge is 0.321 e. The quantitative estimate of drug-likeness (QED) is 0.798. The summed E-state index contributed by atoms with van der Waals surface area (Å²) in [7, 11) is 0. The second-order valence-electron chi connectivity index (χ2n) is 5.38. The molecule has 21 heavy (non-hydrogen) atoms. The standard InChI is InChI=1S/C16H15BrF3N/c1-9-3-4-10(7-14(9)19)16(2,21)8-11-13(18)6-5-12(17)15(11)20/h3-7H,8,21H2,1-2H3. The molecule has 0 saturated heterocycles. The zero-order chi connectivity index (χ0) is 15.8.